The number of carbonyl (C=O) groups excluding carboxylic acids is 2. The number of halogens is 1. The van der Waals surface area contributed by atoms with Crippen LogP contribution in [-0.4, -0.2) is 36.1 Å². The van der Waals surface area contributed by atoms with Crippen LogP contribution in [0, 0.1) is 6.92 Å². The molecule has 1 amide bonds. The Kier molecular flexibility index (Phi) is 6.22. The van der Waals surface area contributed by atoms with E-state index >= 15 is 0 Å². The molecule has 0 spiro atoms. The quantitative estimate of drug-likeness (QED) is 0.304. The molecule has 1 aliphatic heterocycles. The molecular formula is C26H22ClNO6. The molecule has 0 bridgehead atoms. The fourth-order valence-electron chi connectivity index (χ4n) is 4.14. The summed E-state index contributed by atoms with van der Waals surface area (Å²) >= 11 is 6.32. The van der Waals surface area contributed by atoms with Gasteiger partial charge in [0, 0.05) is 0 Å². The number of benzene rings is 3. The molecule has 2 N–H and O–H groups in total. The number of carbonyl (C=O) groups is 2. The van der Waals surface area contributed by atoms with Crippen LogP contribution in [-0.2, 0) is 9.59 Å². The minimum absolute atomic E-state index is 0.0186. The molecule has 1 saturated heterocycles. The molecule has 4 rings (SSSR count). The van der Waals surface area contributed by atoms with E-state index in [4.69, 9.17) is 21.1 Å². The Morgan fingerprint density at radius 3 is 2.32 bits per heavy atom. The minimum Gasteiger partial charge on any atom is -0.508 e. The number of ketones is 1. The van der Waals surface area contributed by atoms with Gasteiger partial charge in [0.25, 0.3) is 11.7 Å². The van der Waals surface area contributed by atoms with Crippen molar-refractivity contribution in [3.05, 3.63) is 87.9 Å². The van der Waals surface area contributed by atoms with Crippen LogP contribution in [0.15, 0.2) is 66.2 Å². The number of rotatable bonds is 5. The van der Waals surface area contributed by atoms with Gasteiger partial charge in [-0.1, -0.05) is 35.9 Å². The number of anilines is 1. The Hall–Kier alpha value is -3.97. The molecule has 8 heteroatoms. The summed E-state index contributed by atoms with van der Waals surface area (Å²) < 4.78 is 10.8. The highest BCUT2D eigenvalue weighted by Crippen LogP contribution is 2.46. The Labute approximate surface area is 201 Å². The van der Waals surface area contributed by atoms with Crippen molar-refractivity contribution in [3.63, 3.8) is 0 Å². The summed E-state index contributed by atoms with van der Waals surface area (Å²) in [6, 6.07) is 15.1. The number of aliphatic hydroxyl groups is 1. The average molecular weight is 480 g/mol. The smallest absolute Gasteiger partial charge is 0.300 e. The molecule has 1 heterocycles. The topological polar surface area (TPSA) is 96.3 Å². The molecule has 7 nitrogen and oxygen atoms in total. The van der Waals surface area contributed by atoms with E-state index in [9.17, 15) is 19.8 Å². The average Bonchev–Trinajstić information content (AvgIpc) is 3.09. The lowest BCUT2D eigenvalue weighted by Crippen LogP contribution is -2.29. The number of aromatic hydroxyl groups is 1. The lowest BCUT2D eigenvalue weighted by molar-refractivity contribution is -0.132. The summed E-state index contributed by atoms with van der Waals surface area (Å²) in [5.74, 6) is -1.55. The van der Waals surface area contributed by atoms with Gasteiger partial charge < -0.3 is 19.7 Å². The molecule has 3 aromatic carbocycles. The number of aryl methyl sites for hydroxylation is 1. The van der Waals surface area contributed by atoms with E-state index < -0.39 is 23.5 Å². The molecule has 34 heavy (non-hydrogen) atoms. The van der Waals surface area contributed by atoms with Crippen molar-refractivity contribution in [1.82, 2.24) is 0 Å². The second-order valence-corrected chi connectivity index (χ2v) is 8.17. The van der Waals surface area contributed by atoms with E-state index in [2.05, 4.69) is 0 Å². The number of aliphatic hydroxyl groups excluding tert-OH is 1. The van der Waals surface area contributed by atoms with Gasteiger partial charge in [-0.3, -0.25) is 14.5 Å². The van der Waals surface area contributed by atoms with Crippen LogP contribution in [0.25, 0.3) is 5.76 Å². The SMILES string of the molecule is COc1ccccc1N1C(=O)C(=O)/C(=C(/O)c2cc(C)cc(Cl)c2OC)C1c1ccc(O)cc1. The van der Waals surface area contributed by atoms with Gasteiger partial charge in [-0.25, -0.2) is 0 Å². The number of hydrogen-bond donors (Lipinski definition) is 2. The van der Waals surface area contributed by atoms with E-state index in [-0.39, 0.29) is 27.7 Å². The Balaban J connectivity index is 2.03. The lowest BCUT2D eigenvalue weighted by atomic mass is 9.94. The Morgan fingerprint density at radius 1 is 1.00 bits per heavy atom. The van der Waals surface area contributed by atoms with Crippen LogP contribution in [0.2, 0.25) is 5.02 Å². The summed E-state index contributed by atoms with van der Waals surface area (Å²) in [6.07, 6.45) is 0. The second-order valence-electron chi connectivity index (χ2n) is 7.76. The van der Waals surface area contributed by atoms with Crippen LogP contribution in [0.4, 0.5) is 5.69 Å². The minimum atomic E-state index is -0.999. The third-order valence-electron chi connectivity index (χ3n) is 5.65. The first-order valence-corrected chi connectivity index (χ1v) is 10.7. The van der Waals surface area contributed by atoms with Gasteiger partial charge in [-0.05, 0) is 54.4 Å². The summed E-state index contributed by atoms with van der Waals surface area (Å²) in [6.45, 7) is 1.78. The lowest BCUT2D eigenvalue weighted by Gasteiger charge is -2.27. The zero-order chi connectivity index (χ0) is 24.6. The number of amides is 1. The van der Waals surface area contributed by atoms with Crippen LogP contribution in [0.5, 0.6) is 17.2 Å². The highest BCUT2D eigenvalue weighted by molar-refractivity contribution is 6.52. The van der Waals surface area contributed by atoms with Gasteiger partial charge in [0.05, 0.1) is 42.1 Å². The maximum absolute atomic E-state index is 13.4. The van der Waals surface area contributed by atoms with Gasteiger partial charge in [0.1, 0.15) is 23.0 Å². The van der Waals surface area contributed by atoms with Gasteiger partial charge >= 0.3 is 0 Å². The van der Waals surface area contributed by atoms with E-state index in [1.54, 1.807) is 55.5 Å². The second kappa shape index (κ2) is 9.11. The Bertz CT molecular complexity index is 1320. The maximum Gasteiger partial charge on any atom is 0.300 e. The van der Waals surface area contributed by atoms with Gasteiger partial charge in [-0.15, -0.1) is 0 Å². The number of para-hydroxylation sites is 2. The highest BCUT2D eigenvalue weighted by atomic mass is 35.5. The largest absolute Gasteiger partial charge is 0.508 e. The summed E-state index contributed by atoms with van der Waals surface area (Å²) in [4.78, 5) is 28.0. The number of phenolic OH excluding ortho intramolecular Hbond substituents is 1. The van der Waals surface area contributed by atoms with Gasteiger partial charge in [0.15, 0.2) is 0 Å². The van der Waals surface area contributed by atoms with Crippen molar-refractivity contribution in [2.24, 2.45) is 0 Å². The van der Waals surface area contributed by atoms with Crippen molar-refractivity contribution in [2.45, 2.75) is 13.0 Å². The number of methoxy groups -OCH3 is 2. The van der Waals surface area contributed by atoms with Crippen molar-refractivity contribution in [1.29, 1.82) is 0 Å². The van der Waals surface area contributed by atoms with Crippen LogP contribution < -0.4 is 14.4 Å². The summed E-state index contributed by atoms with van der Waals surface area (Å²) in [5, 5.41) is 21.5. The first kappa shape index (κ1) is 23.2. The van der Waals surface area contributed by atoms with Crippen molar-refractivity contribution in [3.8, 4) is 17.2 Å². The molecule has 0 radical (unpaired) electrons. The van der Waals surface area contributed by atoms with Gasteiger partial charge in [-0.2, -0.15) is 0 Å². The van der Waals surface area contributed by atoms with Gasteiger partial charge in [0.2, 0.25) is 0 Å². The highest BCUT2D eigenvalue weighted by Gasteiger charge is 2.48. The number of phenols is 1. The maximum atomic E-state index is 13.4. The molecule has 1 aliphatic rings. The van der Waals surface area contributed by atoms with Crippen molar-refractivity contribution >= 4 is 34.7 Å². The van der Waals surface area contributed by atoms with E-state index in [1.807, 2.05) is 0 Å². The van der Waals surface area contributed by atoms with Crippen LogP contribution in [0.3, 0.4) is 0 Å². The standard InChI is InChI=1S/C26H22ClNO6/c1-14-12-17(25(34-3)18(27)13-14)23(30)21-22(15-8-10-16(29)11-9-15)28(26(32)24(21)31)19-6-4-5-7-20(19)33-2/h4-13,22,29-30H,1-3H3/b23-21+. The molecule has 3 aromatic rings. The van der Waals surface area contributed by atoms with Crippen LogP contribution >= 0.6 is 11.6 Å². The zero-order valence-corrected chi connectivity index (χ0v) is 19.5. The Morgan fingerprint density at radius 2 is 1.68 bits per heavy atom. The van der Waals surface area contributed by atoms with Crippen molar-refractivity contribution < 1.29 is 29.3 Å². The van der Waals surface area contributed by atoms with E-state index in [0.29, 0.717) is 17.0 Å². The monoisotopic (exact) mass is 479 g/mol. The normalized spacial score (nSPS) is 17.2. The van der Waals surface area contributed by atoms with Crippen molar-refractivity contribution in [2.75, 3.05) is 19.1 Å². The van der Waals surface area contributed by atoms with E-state index in [0.717, 1.165) is 5.56 Å². The molecule has 0 aliphatic carbocycles. The zero-order valence-electron chi connectivity index (χ0n) is 18.7. The summed E-state index contributed by atoms with van der Waals surface area (Å²) in [7, 11) is 2.86. The first-order chi connectivity index (χ1) is 16.3. The number of Topliss-reactive ketones (excluding diaryl/α,β-unsaturated/α-hetero) is 1. The predicted octanol–water partition coefficient (Wildman–Crippen LogP) is 5.00. The number of nitrogens with zero attached hydrogens (tertiary/aromatic N) is 1. The molecule has 0 saturated carbocycles. The van der Waals surface area contributed by atoms with Crippen LogP contribution in [0.1, 0.15) is 22.7 Å². The molecule has 1 fully saturated rings. The summed E-state index contributed by atoms with van der Waals surface area (Å²) in [5.41, 5.74) is 1.64. The molecule has 174 valence electrons. The third kappa shape index (κ3) is 3.84. The molecule has 1 atom stereocenters. The molecule has 1 unspecified atom stereocenters. The molecule has 0 aromatic heterocycles. The van der Waals surface area contributed by atoms with E-state index in [1.165, 1.54) is 31.3 Å². The number of ether oxygens (including phenoxy) is 2. The third-order valence-corrected chi connectivity index (χ3v) is 5.93. The fourth-order valence-corrected chi connectivity index (χ4v) is 4.49. The molecular weight excluding hydrogens is 458 g/mol. The fraction of sp³-hybridized carbons (Fsp3) is 0.154. The predicted molar refractivity (Wildman–Crippen MR) is 129 cm³/mol. The first-order valence-electron chi connectivity index (χ1n) is 10.4. The number of hydrogen-bond acceptors (Lipinski definition) is 6.